The molecule has 0 aliphatic heterocycles. The van der Waals surface area contributed by atoms with Crippen LogP contribution in [-0.4, -0.2) is 64.3 Å². The van der Waals surface area contributed by atoms with Gasteiger partial charge in [0.2, 0.25) is 5.91 Å². The topological polar surface area (TPSA) is 79.8 Å². The van der Waals surface area contributed by atoms with E-state index >= 15 is 0 Å². The number of likely N-dealkylation sites (N-methyl/N-ethyl adjacent to an activating group) is 1. The van der Waals surface area contributed by atoms with Gasteiger partial charge in [0.15, 0.2) is 15.0 Å². The highest BCUT2D eigenvalue weighted by Gasteiger charge is 2.26. The van der Waals surface area contributed by atoms with E-state index in [4.69, 9.17) is 16.3 Å². The van der Waals surface area contributed by atoms with Crippen molar-refractivity contribution in [2.75, 3.05) is 44.9 Å². The monoisotopic (exact) mass is 503 g/mol. The average Bonchev–Trinajstić information content (AvgIpc) is 3.10. The van der Waals surface area contributed by atoms with E-state index in [1.165, 1.54) is 40.5 Å². The molecule has 0 saturated heterocycles. The van der Waals surface area contributed by atoms with E-state index < -0.39 is 21.5 Å². The molecule has 0 N–H and O–H groups in total. The number of rotatable bonds is 8. The second kappa shape index (κ2) is 10.6. The predicted molar refractivity (Wildman–Crippen MR) is 128 cm³/mol. The Balaban J connectivity index is 0.00000341. The molecule has 0 fully saturated rings. The molecule has 0 unspecified atom stereocenters. The van der Waals surface area contributed by atoms with Crippen LogP contribution in [-0.2, 0) is 14.6 Å². The quantitative estimate of drug-likeness (QED) is 0.465. The molecule has 0 aliphatic carbocycles. The second-order valence-electron chi connectivity index (χ2n) is 6.89. The van der Waals surface area contributed by atoms with Crippen molar-refractivity contribution in [1.29, 1.82) is 0 Å². The van der Waals surface area contributed by atoms with E-state index in [1.54, 1.807) is 13.2 Å². The summed E-state index contributed by atoms with van der Waals surface area (Å²) in [5.41, 5.74) is 0.721. The lowest BCUT2D eigenvalue weighted by atomic mass is 10.3. The summed E-state index contributed by atoms with van der Waals surface area (Å²) in [5, 5.41) is 0.884. The van der Waals surface area contributed by atoms with Crippen molar-refractivity contribution >= 4 is 66.4 Å². The van der Waals surface area contributed by atoms with E-state index in [1.807, 2.05) is 31.1 Å². The third-order valence-corrected chi connectivity index (χ3v) is 7.28. The van der Waals surface area contributed by atoms with Gasteiger partial charge in [-0.05, 0) is 56.6 Å². The van der Waals surface area contributed by atoms with Crippen LogP contribution in [0.25, 0.3) is 10.2 Å². The van der Waals surface area contributed by atoms with Crippen molar-refractivity contribution in [2.45, 2.75) is 4.90 Å². The van der Waals surface area contributed by atoms with Crippen molar-refractivity contribution in [3.05, 3.63) is 47.5 Å². The molecule has 11 heteroatoms. The number of amides is 1. The van der Waals surface area contributed by atoms with E-state index in [0.29, 0.717) is 29.0 Å². The van der Waals surface area contributed by atoms with Gasteiger partial charge in [-0.2, -0.15) is 0 Å². The number of carbonyl (C=O) groups is 1. The Labute approximate surface area is 196 Å². The van der Waals surface area contributed by atoms with Crippen LogP contribution < -0.4 is 9.64 Å². The highest BCUT2D eigenvalue weighted by Crippen LogP contribution is 2.31. The van der Waals surface area contributed by atoms with Crippen LogP contribution in [0.5, 0.6) is 5.75 Å². The lowest BCUT2D eigenvalue weighted by Gasteiger charge is -2.22. The van der Waals surface area contributed by atoms with Crippen LogP contribution in [0, 0.1) is 0 Å². The first kappa shape index (κ1) is 25.4. The van der Waals surface area contributed by atoms with Gasteiger partial charge in [0.1, 0.15) is 11.5 Å². The van der Waals surface area contributed by atoms with Crippen LogP contribution in [0.4, 0.5) is 5.13 Å². The number of fused-ring (bicyclic) bond motifs is 1. The lowest BCUT2D eigenvalue weighted by molar-refractivity contribution is -0.116. The lowest BCUT2D eigenvalue weighted by Crippen LogP contribution is -2.40. The Morgan fingerprint density at radius 3 is 2.42 bits per heavy atom. The molecule has 0 saturated carbocycles. The minimum atomic E-state index is -3.82. The maximum atomic E-state index is 13.1. The molecule has 1 aromatic heterocycles. The van der Waals surface area contributed by atoms with Crippen molar-refractivity contribution in [3.63, 3.8) is 0 Å². The summed E-state index contributed by atoms with van der Waals surface area (Å²) in [5.74, 6) is -0.492. The highest BCUT2D eigenvalue weighted by atomic mass is 35.5. The SMILES string of the molecule is COc1ccc2nc(N(CCN(C)C)C(=O)CS(=O)(=O)c3ccc(Cl)cc3)sc2c1.Cl. The number of anilines is 1. The number of benzene rings is 2. The number of carbonyl (C=O) groups excluding carboxylic acids is 1. The van der Waals surface area contributed by atoms with Gasteiger partial charge in [-0.3, -0.25) is 9.69 Å². The first-order valence-electron chi connectivity index (χ1n) is 9.07. The molecule has 168 valence electrons. The summed E-state index contributed by atoms with van der Waals surface area (Å²) in [7, 11) is 1.54. The fourth-order valence-electron chi connectivity index (χ4n) is 2.73. The van der Waals surface area contributed by atoms with Crippen LogP contribution in [0.2, 0.25) is 5.02 Å². The molecule has 31 heavy (non-hydrogen) atoms. The van der Waals surface area contributed by atoms with Crippen molar-refractivity contribution < 1.29 is 17.9 Å². The third-order valence-electron chi connectivity index (χ3n) is 4.37. The Kier molecular flexibility index (Phi) is 8.67. The minimum absolute atomic E-state index is 0. The fourth-order valence-corrected chi connectivity index (χ4v) is 5.09. The van der Waals surface area contributed by atoms with Crippen molar-refractivity contribution in [3.8, 4) is 5.75 Å². The summed E-state index contributed by atoms with van der Waals surface area (Å²) in [6.45, 7) is 0.880. The van der Waals surface area contributed by atoms with Gasteiger partial charge in [0.05, 0.1) is 22.2 Å². The highest BCUT2D eigenvalue weighted by molar-refractivity contribution is 7.92. The van der Waals surface area contributed by atoms with Crippen LogP contribution >= 0.6 is 35.3 Å². The maximum Gasteiger partial charge on any atom is 0.244 e. The van der Waals surface area contributed by atoms with E-state index in [-0.39, 0.29) is 17.3 Å². The molecule has 0 spiro atoms. The molecule has 1 heterocycles. The van der Waals surface area contributed by atoms with Gasteiger partial charge in [0, 0.05) is 18.1 Å². The Morgan fingerprint density at radius 1 is 1.13 bits per heavy atom. The van der Waals surface area contributed by atoms with E-state index in [9.17, 15) is 13.2 Å². The summed E-state index contributed by atoms with van der Waals surface area (Å²) >= 11 is 7.16. The molecule has 0 bridgehead atoms. The number of nitrogens with zero attached hydrogens (tertiary/aromatic N) is 3. The largest absolute Gasteiger partial charge is 0.497 e. The summed E-state index contributed by atoms with van der Waals surface area (Å²) in [6, 6.07) is 11.2. The maximum absolute atomic E-state index is 13.1. The minimum Gasteiger partial charge on any atom is -0.497 e. The molecule has 7 nitrogen and oxygen atoms in total. The average molecular weight is 504 g/mol. The molecule has 0 radical (unpaired) electrons. The van der Waals surface area contributed by atoms with Gasteiger partial charge < -0.3 is 9.64 Å². The zero-order valence-corrected chi connectivity index (χ0v) is 20.4. The van der Waals surface area contributed by atoms with Crippen molar-refractivity contribution in [2.24, 2.45) is 0 Å². The predicted octanol–water partition coefficient (Wildman–Crippen LogP) is 3.75. The van der Waals surface area contributed by atoms with Gasteiger partial charge in [-0.25, -0.2) is 13.4 Å². The summed E-state index contributed by atoms with van der Waals surface area (Å²) in [6.07, 6.45) is 0. The molecule has 3 rings (SSSR count). The van der Waals surface area contributed by atoms with Gasteiger partial charge >= 0.3 is 0 Å². The van der Waals surface area contributed by atoms with Gasteiger partial charge in [-0.15, -0.1) is 12.4 Å². The van der Waals surface area contributed by atoms with Crippen molar-refractivity contribution in [1.82, 2.24) is 9.88 Å². The third kappa shape index (κ3) is 6.30. The van der Waals surface area contributed by atoms with Crippen LogP contribution in [0.3, 0.4) is 0 Å². The van der Waals surface area contributed by atoms with Crippen LogP contribution in [0.15, 0.2) is 47.4 Å². The summed E-state index contributed by atoms with van der Waals surface area (Å²) < 4.78 is 31.6. The smallest absolute Gasteiger partial charge is 0.244 e. The zero-order chi connectivity index (χ0) is 21.9. The molecular weight excluding hydrogens is 481 g/mol. The zero-order valence-electron chi connectivity index (χ0n) is 17.2. The molecule has 2 aromatic carbocycles. The first-order chi connectivity index (χ1) is 14.2. The molecule has 0 atom stereocenters. The molecule has 1 amide bonds. The summed E-state index contributed by atoms with van der Waals surface area (Å²) in [4.78, 5) is 21.0. The van der Waals surface area contributed by atoms with E-state index in [0.717, 1.165) is 10.2 Å². The number of thiazole rings is 1. The number of aromatic nitrogens is 1. The Hall–Kier alpha value is -1.91. The number of hydrogen-bond acceptors (Lipinski definition) is 7. The van der Waals surface area contributed by atoms with Crippen LogP contribution in [0.1, 0.15) is 0 Å². The Morgan fingerprint density at radius 2 is 1.81 bits per heavy atom. The molecular formula is C20H23Cl2N3O4S2. The molecule has 3 aromatic rings. The second-order valence-corrected chi connectivity index (χ2v) is 10.3. The standard InChI is InChI=1S/C20H22ClN3O4S2.ClH/c1-23(2)10-11-24(20-22-17-9-6-15(28-3)12-18(17)29-20)19(25)13-30(26,27)16-7-4-14(21)5-8-16;/h4-9,12H,10-11,13H2,1-3H3;1H. The number of ether oxygens (including phenoxy) is 1. The number of halogens is 2. The first-order valence-corrected chi connectivity index (χ1v) is 11.9. The number of hydrogen-bond donors (Lipinski definition) is 0. The van der Waals surface area contributed by atoms with E-state index in [2.05, 4.69) is 4.98 Å². The normalized spacial score (nSPS) is 11.4. The molecule has 0 aliphatic rings. The van der Waals surface area contributed by atoms with Gasteiger partial charge in [0.25, 0.3) is 0 Å². The Bertz CT molecular complexity index is 1150. The fraction of sp³-hybridized carbons (Fsp3) is 0.300. The number of sulfone groups is 1. The van der Waals surface area contributed by atoms with Gasteiger partial charge in [-0.1, -0.05) is 22.9 Å². The number of methoxy groups -OCH3 is 1.